The Morgan fingerprint density at radius 2 is 1.88 bits per heavy atom. The molecule has 0 aliphatic rings. The highest BCUT2D eigenvalue weighted by Crippen LogP contribution is 2.27. The van der Waals surface area contributed by atoms with Crippen molar-refractivity contribution in [3.63, 3.8) is 0 Å². The molecule has 0 amide bonds. The van der Waals surface area contributed by atoms with Crippen LogP contribution in [-0.4, -0.2) is 9.97 Å². The number of aromatic nitrogens is 2. The van der Waals surface area contributed by atoms with Gasteiger partial charge in [-0.1, -0.05) is 34.1 Å². The van der Waals surface area contributed by atoms with E-state index in [1.54, 1.807) is 0 Å². The number of benzene rings is 1. The third kappa shape index (κ3) is 2.30. The first-order valence-electron chi connectivity index (χ1n) is 5.20. The Morgan fingerprint density at radius 3 is 2.53 bits per heavy atom. The monoisotopic (exact) mass is 292 g/mol. The number of aryl methyl sites for hydroxylation is 1. The van der Waals surface area contributed by atoms with E-state index in [-0.39, 0.29) is 0 Å². The third-order valence-electron chi connectivity index (χ3n) is 2.64. The minimum absolute atomic E-state index is 0.656. The number of nitrogen functional groups attached to an aromatic ring is 1. The molecule has 4 nitrogen and oxygen atoms in total. The van der Waals surface area contributed by atoms with Crippen LogP contribution in [0.1, 0.15) is 11.3 Å². The predicted molar refractivity (Wildman–Crippen MR) is 72.5 cm³/mol. The van der Waals surface area contributed by atoms with E-state index in [0.29, 0.717) is 11.6 Å². The lowest BCUT2D eigenvalue weighted by atomic mass is 10.2. The van der Waals surface area contributed by atoms with Crippen LogP contribution >= 0.6 is 15.9 Å². The molecular formula is C12H13BrN4. The molecule has 0 atom stereocenters. The zero-order chi connectivity index (χ0) is 12.4. The molecule has 0 spiro atoms. The average Bonchev–Trinajstić information content (AvgIpc) is 2.33. The molecule has 5 heteroatoms. The molecule has 0 unspecified atom stereocenters. The van der Waals surface area contributed by atoms with E-state index in [1.807, 2.05) is 38.1 Å². The summed E-state index contributed by atoms with van der Waals surface area (Å²) in [6.45, 7) is 3.88. The van der Waals surface area contributed by atoms with Gasteiger partial charge in [0, 0.05) is 21.3 Å². The van der Waals surface area contributed by atoms with Gasteiger partial charge < -0.3 is 5.43 Å². The average molecular weight is 293 g/mol. The number of anilines is 1. The molecule has 2 rings (SSSR count). The summed E-state index contributed by atoms with van der Waals surface area (Å²) in [5.41, 5.74) is 5.43. The second-order valence-electron chi connectivity index (χ2n) is 3.73. The lowest BCUT2D eigenvalue weighted by Gasteiger charge is -2.10. The molecule has 0 saturated carbocycles. The van der Waals surface area contributed by atoms with Crippen LogP contribution in [0.5, 0.6) is 0 Å². The van der Waals surface area contributed by atoms with Gasteiger partial charge in [-0.15, -0.1) is 0 Å². The van der Waals surface area contributed by atoms with Crippen LogP contribution in [-0.2, 0) is 0 Å². The van der Waals surface area contributed by atoms with Gasteiger partial charge in [-0.25, -0.2) is 15.8 Å². The van der Waals surface area contributed by atoms with Gasteiger partial charge in [-0.05, 0) is 19.9 Å². The van der Waals surface area contributed by atoms with Crippen molar-refractivity contribution < 1.29 is 0 Å². The Bertz CT molecular complexity index is 554. The smallest absolute Gasteiger partial charge is 0.162 e. The van der Waals surface area contributed by atoms with Crippen molar-refractivity contribution in [1.82, 2.24) is 9.97 Å². The number of hydrazine groups is 1. The van der Waals surface area contributed by atoms with E-state index in [4.69, 9.17) is 5.84 Å². The standard InChI is InChI=1S/C12H13BrN4/c1-7-8(2)15-12(16-11(7)17-14)9-5-3-4-6-10(9)13/h3-6H,14H2,1-2H3,(H,15,16,17). The Hall–Kier alpha value is -1.46. The molecule has 88 valence electrons. The molecular weight excluding hydrogens is 280 g/mol. The van der Waals surface area contributed by atoms with Crippen molar-refractivity contribution in [1.29, 1.82) is 0 Å². The minimum Gasteiger partial charge on any atom is -0.308 e. The van der Waals surface area contributed by atoms with Crippen molar-refractivity contribution in [3.8, 4) is 11.4 Å². The second-order valence-corrected chi connectivity index (χ2v) is 4.58. The summed E-state index contributed by atoms with van der Waals surface area (Å²) in [5.74, 6) is 6.77. The maximum absolute atomic E-state index is 5.45. The number of hydrogen-bond acceptors (Lipinski definition) is 4. The van der Waals surface area contributed by atoms with Crippen LogP contribution in [0, 0.1) is 13.8 Å². The first-order valence-corrected chi connectivity index (χ1v) is 5.99. The number of nitrogens with zero attached hydrogens (tertiary/aromatic N) is 2. The maximum atomic E-state index is 5.45. The molecule has 1 aromatic heterocycles. The second kappa shape index (κ2) is 4.81. The number of nitrogens with one attached hydrogen (secondary N) is 1. The summed E-state index contributed by atoms with van der Waals surface area (Å²) < 4.78 is 0.964. The molecule has 1 heterocycles. The van der Waals surface area contributed by atoms with Crippen molar-refractivity contribution in [2.45, 2.75) is 13.8 Å². The molecule has 3 N–H and O–H groups in total. The summed E-state index contributed by atoms with van der Waals surface area (Å²) >= 11 is 3.49. The first kappa shape index (κ1) is 12.0. The Kier molecular flexibility index (Phi) is 3.40. The van der Waals surface area contributed by atoms with Gasteiger partial charge in [0.2, 0.25) is 0 Å². The van der Waals surface area contributed by atoms with E-state index in [1.165, 1.54) is 0 Å². The largest absolute Gasteiger partial charge is 0.308 e. The van der Waals surface area contributed by atoms with Crippen molar-refractivity contribution in [3.05, 3.63) is 40.0 Å². The Balaban J connectivity index is 2.61. The number of hydrogen-bond donors (Lipinski definition) is 2. The summed E-state index contributed by atoms with van der Waals surface area (Å²) in [6, 6.07) is 7.84. The van der Waals surface area contributed by atoms with E-state index in [0.717, 1.165) is 21.3 Å². The Morgan fingerprint density at radius 1 is 1.18 bits per heavy atom. The lowest BCUT2D eigenvalue weighted by molar-refractivity contribution is 1.06. The van der Waals surface area contributed by atoms with Crippen LogP contribution in [0.15, 0.2) is 28.7 Å². The van der Waals surface area contributed by atoms with Crippen LogP contribution < -0.4 is 11.3 Å². The highest BCUT2D eigenvalue weighted by Gasteiger charge is 2.10. The van der Waals surface area contributed by atoms with Gasteiger partial charge >= 0.3 is 0 Å². The highest BCUT2D eigenvalue weighted by molar-refractivity contribution is 9.10. The van der Waals surface area contributed by atoms with Crippen LogP contribution in [0.2, 0.25) is 0 Å². The van der Waals surface area contributed by atoms with Crippen LogP contribution in [0.4, 0.5) is 5.82 Å². The van der Waals surface area contributed by atoms with Crippen molar-refractivity contribution >= 4 is 21.7 Å². The molecule has 0 aliphatic heterocycles. The molecule has 0 bridgehead atoms. The van der Waals surface area contributed by atoms with E-state index in [2.05, 4.69) is 31.3 Å². The number of nitrogens with two attached hydrogens (primary N) is 1. The van der Waals surface area contributed by atoms with Gasteiger partial charge in [-0.2, -0.15) is 0 Å². The number of halogens is 1. The maximum Gasteiger partial charge on any atom is 0.162 e. The molecule has 1 aromatic carbocycles. The minimum atomic E-state index is 0.656. The first-order chi connectivity index (χ1) is 8.13. The molecule has 0 saturated heterocycles. The highest BCUT2D eigenvalue weighted by atomic mass is 79.9. The van der Waals surface area contributed by atoms with E-state index < -0.39 is 0 Å². The zero-order valence-corrected chi connectivity index (χ0v) is 11.2. The molecule has 17 heavy (non-hydrogen) atoms. The normalized spacial score (nSPS) is 10.4. The zero-order valence-electron chi connectivity index (χ0n) is 9.66. The fraction of sp³-hybridized carbons (Fsp3) is 0.167. The molecule has 0 aliphatic carbocycles. The fourth-order valence-corrected chi connectivity index (χ4v) is 1.99. The molecule has 0 fully saturated rings. The van der Waals surface area contributed by atoms with Gasteiger partial charge in [-0.3, -0.25) is 0 Å². The summed E-state index contributed by atoms with van der Waals surface area (Å²) in [4.78, 5) is 8.88. The van der Waals surface area contributed by atoms with Gasteiger partial charge in [0.1, 0.15) is 5.82 Å². The predicted octanol–water partition coefficient (Wildman–Crippen LogP) is 2.81. The van der Waals surface area contributed by atoms with Crippen molar-refractivity contribution in [2.24, 2.45) is 5.84 Å². The van der Waals surface area contributed by atoms with Gasteiger partial charge in [0.25, 0.3) is 0 Å². The molecule has 2 aromatic rings. The molecule has 0 radical (unpaired) electrons. The van der Waals surface area contributed by atoms with Crippen LogP contribution in [0.3, 0.4) is 0 Å². The lowest BCUT2D eigenvalue weighted by Crippen LogP contribution is -2.12. The summed E-state index contributed by atoms with van der Waals surface area (Å²) in [7, 11) is 0. The topological polar surface area (TPSA) is 63.8 Å². The van der Waals surface area contributed by atoms with Gasteiger partial charge in [0.15, 0.2) is 5.82 Å². The quantitative estimate of drug-likeness (QED) is 0.660. The van der Waals surface area contributed by atoms with E-state index in [9.17, 15) is 0 Å². The SMILES string of the molecule is Cc1nc(-c2ccccc2Br)nc(NN)c1C. The third-order valence-corrected chi connectivity index (χ3v) is 3.33. The van der Waals surface area contributed by atoms with Gasteiger partial charge in [0.05, 0.1) is 0 Å². The number of rotatable bonds is 2. The van der Waals surface area contributed by atoms with E-state index >= 15 is 0 Å². The van der Waals surface area contributed by atoms with Crippen LogP contribution in [0.25, 0.3) is 11.4 Å². The Labute approximate surface area is 108 Å². The summed E-state index contributed by atoms with van der Waals surface area (Å²) in [5, 5.41) is 0. The van der Waals surface area contributed by atoms with Crippen molar-refractivity contribution in [2.75, 3.05) is 5.43 Å². The fourth-order valence-electron chi connectivity index (χ4n) is 1.53. The summed E-state index contributed by atoms with van der Waals surface area (Å²) in [6.07, 6.45) is 0.